The topological polar surface area (TPSA) is 59.6 Å². The van der Waals surface area contributed by atoms with Crippen LogP contribution in [0.4, 0.5) is 13.6 Å². The van der Waals surface area contributed by atoms with E-state index in [9.17, 15) is 13.6 Å². The number of halogens is 2. The molecule has 0 bridgehead atoms. The lowest BCUT2D eigenvalue weighted by Gasteiger charge is -2.16. The zero-order chi connectivity index (χ0) is 18.2. The molecule has 5 nitrogen and oxygen atoms in total. The molecule has 0 spiro atoms. The fraction of sp³-hybridized carbons (Fsp3) is 0.278. The number of benzene rings is 2. The monoisotopic (exact) mass is 350 g/mol. The van der Waals surface area contributed by atoms with E-state index in [4.69, 9.17) is 9.47 Å². The van der Waals surface area contributed by atoms with E-state index in [2.05, 4.69) is 10.6 Å². The highest BCUT2D eigenvalue weighted by molar-refractivity contribution is 5.74. The highest BCUT2D eigenvalue weighted by Crippen LogP contribution is 2.21. The molecule has 2 aromatic rings. The van der Waals surface area contributed by atoms with Gasteiger partial charge in [0, 0.05) is 6.07 Å². The van der Waals surface area contributed by atoms with Crippen molar-refractivity contribution in [1.29, 1.82) is 0 Å². The third-order valence-electron chi connectivity index (χ3n) is 3.48. The average molecular weight is 350 g/mol. The Bertz CT molecular complexity index is 725. The summed E-state index contributed by atoms with van der Waals surface area (Å²) in [4.78, 5) is 11.8. The van der Waals surface area contributed by atoms with Gasteiger partial charge in [-0.1, -0.05) is 12.1 Å². The Hall–Kier alpha value is -2.83. The fourth-order valence-corrected chi connectivity index (χ4v) is 2.17. The van der Waals surface area contributed by atoms with Crippen LogP contribution in [0.1, 0.15) is 18.5 Å². The van der Waals surface area contributed by atoms with E-state index in [1.165, 1.54) is 31.4 Å². The Kier molecular flexibility index (Phi) is 6.56. The minimum absolute atomic E-state index is 0.148. The smallest absolute Gasteiger partial charge is 0.315 e. The van der Waals surface area contributed by atoms with Gasteiger partial charge in [-0.2, -0.15) is 0 Å². The molecular formula is C18H20F2N2O3. The summed E-state index contributed by atoms with van der Waals surface area (Å²) < 4.78 is 36.9. The predicted octanol–water partition coefficient (Wildman–Crippen LogP) is 3.41. The van der Waals surface area contributed by atoms with Crippen LogP contribution in [0.25, 0.3) is 0 Å². The molecule has 0 radical (unpaired) electrons. The molecule has 0 aliphatic rings. The first kappa shape index (κ1) is 18.5. The van der Waals surface area contributed by atoms with Gasteiger partial charge >= 0.3 is 6.03 Å². The van der Waals surface area contributed by atoms with Crippen LogP contribution >= 0.6 is 0 Å². The van der Waals surface area contributed by atoms with E-state index in [0.29, 0.717) is 11.3 Å². The first-order valence-electron chi connectivity index (χ1n) is 7.75. The molecular weight excluding hydrogens is 330 g/mol. The van der Waals surface area contributed by atoms with E-state index in [1.807, 2.05) is 0 Å². The van der Waals surface area contributed by atoms with E-state index in [-0.39, 0.29) is 30.8 Å². The van der Waals surface area contributed by atoms with Crippen molar-refractivity contribution in [3.63, 3.8) is 0 Å². The number of nitrogens with one attached hydrogen (secondary N) is 2. The number of urea groups is 1. The van der Waals surface area contributed by atoms with Crippen LogP contribution in [0, 0.1) is 11.6 Å². The van der Waals surface area contributed by atoms with Gasteiger partial charge in [-0.15, -0.1) is 0 Å². The largest absolute Gasteiger partial charge is 0.494 e. The Labute approximate surface area is 144 Å². The van der Waals surface area contributed by atoms with Gasteiger partial charge in [-0.3, -0.25) is 0 Å². The maximum absolute atomic E-state index is 13.7. The Morgan fingerprint density at radius 3 is 2.68 bits per heavy atom. The summed E-state index contributed by atoms with van der Waals surface area (Å²) >= 11 is 0. The van der Waals surface area contributed by atoms with Gasteiger partial charge in [-0.25, -0.2) is 13.6 Å². The lowest BCUT2D eigenvalue weighted by molar-refractivity contribution is 0.233. The highest BCUT2D eigenvalue weighted by atomic mass is 19.1. The van der Waals surface area contributed by atoms with Crippen LogP contribution in [0.15, 0.2) is 42.5 Å². The maximum atomic E-state index is 13.7. The van der Waals surface area contributed by atoms with E-state index in [1.54, 1.807) is 25.1 Å². The van der Waals surface area contributed by atoms with Crippen LogP contribution in [-0.4, -0.2) is 26.3 Å². The standard InChI is InChI=1S/C18H20F2N2O3/c1-12(13-6-7-17(24-2)16(20)10-13)22-18(23)21-8-9-25-15-5-3-4-14(19)11-15/h3-7,10-12H,8-9H2,1-2H3,(H2,21,22,23). The molecule has 0 aliphatic heterocycles. The van der Waals surface area contributed by atoms with Crippen molar-refractivity contribution < 1.29 is 23.0 Å². The van der Waals surface area contributed by atoms with Crippen molar-refractivity contribution in [1.82, 2.24) is 10.6 Å². The summed E-state index contributed by atoms with van der Waals surface area (Å²) in [6, 6.07) is 9.47. The quantitative estimate of drug-likeness (QED) is 0.753. The van der Waals surface area contributed by atoms with Crippen molar-refractivity contribution in [2.75, 3.05) is 20.3 Å². The van der Waals surface area contributed by atoms with Crippen LogP contribution in [0.5, 0.6) is 11.5 Å². The minimum Gasteiger partial charge on any atom is -0.494 e. The number of hydrogen-bond donors (Lipinski definition) is 2. The molecule has 2 N–H and O–H groups in total. The molecule has 0 aliphatic carbocycles. The van der Waals surface area contributed by atoms with Gasteiger partial charge in [0.25, 0.3) is 0 Å². The van der Waals surface area contributed by atoms with Gasteiger partial charge in [-0.05, 0) is 36.8 Å². The summed E-state index contributed by atoms with van der Waals surface area (Å²) in [5.74, 6) is -0.333. The molecule has 25 heavy (non-hydrogen) atoms. The molecule has 134 valence electrons. The number of amides is 2. The summed E-state index contributed by atoms with van der Waals surface area (Å²) in [5.41, 5.74) is 0.615. The highest BCUT2D eigenvalue weighted by Gasteiger charge is 2.12. The van der Waals surface area contributed by atoms with Crippen molar-refractivity contribution >= 4 is 6.03 Å². The Morgan fingerprint density at radius 1 is 1.20 bits per heavy atom. The van der Waals surface area contributed by atoms with Crippen molar-refractivity contribution in [2.24, 2.45) is 0 Å². The summed E-state index contributed by atoms with van der Waals surface area (Å²) in [5, 5.41) is 5.31. The molecule has 2 aromatic carbocycles. The van der Waals surface area contributed by atoms with Gasteiger partial charge < -0.3 is 20.1 Å². The van der Waals surface area contributed by atoms with Crippen molar-refractivity contribution in [2.45, 2.75) is 13.0 Å². The maximum Gasteiger partial charge on any atom is 0.315 e. The summed E-state index contributed by atoms with van der Waals surface area (Å²) in [6.07, 6.45) is 0. The second kappa shape index (κ2) is 8.86. The lowest BCUT2D eigenvalue weighted by Crippen LogP contribution is -2.39. The number of ether oxygens (including phenoxy) is 2. The minimum atomic E-state index is -0.488. The second-order valence-corrected chi connectivity index (χ2v) is 5.32. The van der Waals surface area contributed by atoms with Gasteiger partial charge in [0.15, 0.2) is 11.6 Å². The van der Waals surface area contributed by atoms with Gasteiger partial charge in [0.2, 0.25) is 0 Å². The SMILES string of the molecule is COc1ccc(C(C)NC(=O)NCCOc2cccc(F)c2)cc1F. The first-order chi connectivity index (χ1) is 12.0. The number of hydrogen-bond acceptors (Lipinski definition) is 3. The molecule has 2 amide bonds. The average Bonchev–Trinajstić information content (AvgIpc) is 2.58. The van der Waals surface area contributed by atoms with Crippen LogP contribution < -0.4 is 20.1 Å². The number of carbonyl (C=O) groups excluding carboxylic acids is 1. The fourth-order valence-electron chi connectivity index (χ4n) is 2.17. The molecule has 2 rings (SSSR count). The Morgan fingerprint density at radius 2 is 2.00 bits per heavy atom. The Balaban J connectivity index is 1.75. The third kappa shape index (κ3) is 5.63. The van der Waals surface area contributed by atoms with Crippen LogP contribution in [0.3, 0.4) is 0 Å². The second-order valence-electron chi connectivity index (χ2n) is 5.32. The number of carbonyl (C=O) groups is 1. The van der Waals surface area contributed by atoms with E-state index >= 15 is 0 Å². The molecule has 0 saturated heterocycles. The molecule has 0 aromatic heterocycles. The van der Waals surface area contributed by atoms with E-state index < -0.39 is 11.8 Å². The third-order valence-corrected chi connectivity index (χ3v) is 3.48. The number of rotatable bonds is 7. The summed E-state index contributed by atoms with van der Waals surface area (Å²) in [6.45, 7) is 2.18. The number of methoxy groups -OCH3 is 1. The van der Waals surface area contributed by atoms with Crippen LogP contribution in [-0.2, 0) is 0 Å². The molecule has 0 saturated carbocycles. The van der Waals surface area contributed by atoms with Gasteiger partial charge in [0.1, 0.15) is 18.2 Å². The normalized spacial score (nSPS) is 11.5. The lowest BCUT2D eigenvalue weighted by atomic mass is 10.1. The molecule has 7 heteroatoms. The van der Waals surface area contributed by atoms with Crippen molar-refractivity contribution in [3.8, 4) is 11.5 Å². The first-order valence-corrected chi connectivity index (χ1v) is 7.75. The van der Waals surface area contributed by atoms with Crippen LogP contribution in [0.2, 0.25) is 0 Å². The van der Waals surface area contributed by atoms with Gasteiger partial charge in [0.05, 0.1) is 19.7 Å². The van der Waals surface area contributed by atoms with Crippen molar-refractivity contribution in [3.05, 3.63) is 59.7 Å². The summed E-state index contributed by atoms with van der Waals surface area (Å²) in [7, 11) is 1.39. The zero-order valence-electron chi connectivity index (χ0n) is 14.0. The molecule has 0 fully saturated rings. The molecule has 0 heterocycles. The molecule has 1 unspecified atom stereocenters. The molecule has 1 atom stereocenters. The predicted molar refractivity (Wildman–Crippen MR) is 89.8 cm³/mol. The zero-order valence-corrected chi connectivity index (χ0v) is 14.0. The van der Waals surface area contributed by atoms with E-state index in [0.717, 1.165) is 0 Å².